The largest absolute Gasteiger partial charge is 0.377 e. The van der Waals surface area contributed by atoms with Gasteiger partial charge in [-0.05, 0) is 13.5 Å². The minimum Gasteiger partial charge on any atom is -0.377 e. The summed E-state index contributed by atoms with van der Waals surface area (Å²) in [6, 6.07) is 0.676. The first-order valence-corrected chi connectivity index (χ1v) is 4.47. The summed E-state index contributed by atoms with van der Waals surface area (Å²) < 4.78 is 5.66. The first kappa shape index (κ1) is 7.56. The molecule has 0 spiro atoms. The third-order valence-electron chi connectivity index (χ3n) is 3.41. The lowest BCUT2D eigenvalue weighted by molar-refractivity contribution is -0.110. The summed E-state index contributed by atoms with van der Waals surface area (Å²) in [5.41, 5.74) is 0.357. The van der Waals surface area contributed by atoms with Crippen molar-refractivity contribution in [3.63, 3.8) is 0 Å². The summed E-state index contributed by atoms with van der Waals surface area (Å²) in [6.45, 7) is 5.55. The molecule has 1 saturated heterocycles. The standard InChI is InChI=1S/C9H17NO/c1-9(2)7(10-3)6-4-5-11-8(6)9/h6-8,10H,4-5H2,1-3H3/t6-,7-,8+/m1/s1. The Bertz CT molecular complexity index is 167. The summed E-state index contributed by atoms with van der Waals surface area (Å²) in [5, 5.41) is 3.38. The van der Waals surface area contributed by atoms with Gasteiger partial charge in [0.2, 0.25) is 0 Å². The molecule has 64 valence electrons. The lowest BCUT2D eigenvalue weighted by Gasteiger charge is -2.54. The molecule has 2 heteroatoms. The first-order chi connectivity index (χ1) is 5.18. The summed E-state index contributed by atoms with van der Waals surface area (Å²) in [7, 11) is 2.06. The number of ether oxygens (including phenoxy) is 1. The topological polar surface area (TPSA) is 21.3 Å². The fourth-order valence-electron chi connectivity index (χ4n) is 2.91. The van der Waals surface area contributed by atoms with Gasteiger partial charge in [-0.15, -0.1) is 0 Å². The molecule has 1 heterocycles. The molecule has 0 radical (unpaired) electrons. The van der Waals surface area contributed by atoms with E-state index in [2.05, 4.69) is 26.2 Å². The number of fused-ring (bicyclic) bond motifs is 1. The van der Waals surface area contributed by atoms with Crippen LogP contribution in [0.3, 0.4) is 0 Å². The van der Waals surface area contributed by atoms with E-state index in [-0.39, 0.29) is 0 Å². The van der Waals surface area contributed by atoms with Gasteiger partial charge in [-0.1, -0.05) is 13.8 Å². The Hall–Kier alpha value is -0.0800. The highest BCUT2D eigenvalue weighted by atomic mass is 16.5. The molecular formula is C9H17NO. The lowest BCUT2D eigenvalue weighted by Crippen LogP contribution is -2.65. The van der Waals surface area contributed by atoms with Gasteiger partial charge in [0.1, 0.15) is 0 Å². The molecule has 1 N–H and O–H groups in total. The van der Waals surface area contributed by atoms with Crippen LogP contribution in [-0.4, -0.2) is 25.8 Å². The van der Waals surface area contributed by atoms with Crippen molar-refractivity contribution in [3.8, 4) is 0 Å². The van der Waals surface area contributed by atoms with Crippen molar-refractivity contribution in [2.45, 2.75) is 32.4 Å². The van der Waals surface area contributed by atoms with Gasteiger partial charge in [-0.2, -0.15) is 0 Å². The molecule has 0 bridgehead atoms. The average molecular weight is 155 g/mol. The second kappa shape index (κ2) is 2.20. The minimum absolute atomic E-state index is 0.357. The van der Waals surface area contributed by atoms with E-state index in [1.54, 1.807) is 0 Å². The molecule has 0 aromatic carbocycles. The predicted molar refractivity (Wildman–Crippen MR) is 44.5 cm³/mol. The molecule has 1 saturated carbocycles. The molecule has 2 nitrogen and oxygen atoms in total. The van der Waals surface area contributed by atoms with Crippen LogP contribution in [-0.2, 0) is 4.74 Å². The molecule has 3 atom stereocenters. The Morgan fingerprint density at radius 3 is 2.82 bits per heavy atom. The van der Waals surface area contributed by atoms with Crippen LogP contribution >= 0.6 is 0 Å². The van der Waals surface area contributed by atoms with Crippen LogP contribution in [0.25, 0.3) is 0 Å². The molecular weight excluding hydrogens is 138 g/mol. The van der Waals surface area contributed by atoms with Crippen molar-refractivity contribution in [2.24, 2.45) is 11.3 Å². The van der Waals surface area contributed by atoms with Gasteiger partial charge in [0, 0.05) is 24.0 Å². The molecule has 2 fully saturated rings. The second-order valence-electron chi connectivity index (χ2n) is 4.33. The molecule has 2 rings (SSSR count). The Kier molecular flexibility index (Phi) is 1.52. The zero-order chi connectivity index (χ0) is 8.06. The van der Waals surface area contributed by atoms with Crippen LogP contribution in [0.1, 0.15) is 20.3 Å². The van der Waals surface area contributed by atoms with Crippen molar-refractivity contribution < 1.29 is 4.74 Å². The molecule has 0 aromatic heterocycles. The minimum atomic E-state index is 0.357. The van der Waals surface area contributed by atoms with E-state index >= 15 is 0 Å². The fraction of sp³-hybridized carbons (Fsp3) is 1.00. The summed E-state index contributed by atoms with van der Waals surface area (Å²) >= 11 is 0. The second-order valence-corrected chi connectivity index (χ2v) is 4.33. The van der Waals surface area contributed by atoms with E-state index < -0.39 is 0 Å². The predicted octanol–water partition coefficient (Wildman–Crippen LogP) is 1.02. The van der Waals surface area contributed by atoms with Crippen molar-refractivity contribution >= 4 is 0 Å². The molecule has 2 aliphatic rings. The third-order valence-corrected chi connectivity index (χ3v) is 3.41. The van der Waals surface area contributed by atoms with Gasteiger partial charge >= 0.3 is 0 Å². The highest BCUT2D eigenvalue weighted by Gasteiger charge is 2.58. The van der Waals surface area contributed by atoms with Crippen LogP contribution in [0.4, 0.5) is 0 Å². The maximum Gasteiger partial charge on any atom is 0.0685 e. The van der Waals surface area contributed by atoms with Crippen LogP contribution in [0.15, 0.2) is 0 Å². The Balaban J connectivity index is 2.12. The highest BCUT2D eigenvalue weighted by molar-refractivity contribution is 5.10. The van der Waals surface area contributed by atoms with Crippen molar-refractivity contribution in [3.05, 3.63) is 0 Å². The van der Waals surface area contributed by atoms with E-state index in [4.69, 9.17) is 4.74 Å². The van der Waals surface area contributed by atoms with E-state index in [1.165, 1.54) is 6.42 Å². The smallest absolute Gasteiger partial charge is 0.0685 e. The molecule has 1 aliphatic carbocycles. The maximum atomic E-state index is 5.66. The zero-order valence-corrected chi connectivity index (χ0v) is 7.55. The molecule has 0 unspecified atom stereocenters. The van der Waals surface area contributed by atoms with Gasteiger partial charge < -0.3 is 10.1 Å². The van der Waals surface area contributed by atoms with Crippen LogP contribution in [0.5, 0.6) is 0 Å². The summed E-state index contributed by atoms with van der Waals surface area (Å²) in [4.78, 5) is 0. The normalized spacial score (nSPS) is 46.6. The van der Waals surface area contributed by atoms with Crippen molar-refractivity contribution in [1.29, 1.82) is 0 Å². The van der Waals surface area contributed by atoms with Crippen LogP contribution in [0, 0.1) is 11.3 Å². The molecule has 11 heavy (non-hydrogen) atoms. The lowest BCUT2D eigenvalue weighted by atomic mass is 9.57. The van der Waals surface area contributed by atoms with E-state index in [1.807, 2.05) is 0 Å². The summed E-state index contributed by atoms with van der Waals surface area (Å²) in [6.07, 6.45) is 1.78. The first-order valence-electron chi connectivity index (χ1n) is 4.47. The Morgan fingerprint density at radius 1 is 1.45 bits per heavy atom. The maximum absolute atomic E-state index is 5.66. The van der Waals surface area contributed by atoms with E-state index in [0.29, 0.717) is 17.6 Å². The van der Waals surface area contributed by atoms with Gasteiger partial charge in [-0.25, -0.2) is 0 Å². The van der Waals surface area contributed by atoms with E-state index in [9.17, 15) is 0 Å². The highest BCUT2D eigenvalue weighted by Crippen LogP contribution is 2.51. The number of hydrogen-bond acceptors (Lipinski definition) is 2. The Morgan fingerprint density at radius 2 is 2.18 bits per heavy atom. The number of nitrogens with one attached hydrogen (secondary N) is 1. The number of rotatable bonds is 1. The van der Waals surface area contributed by atoms with Gasteiger partial charge in [0.05, 0.1) is 6.10 Å². The fourth-order valence-corrected chi connectivity index (χ4v) is 2.91. The van der Waals surface area contributed by atoms with Gasteiger partial charge in [0.15, 0.2) is 0 Å². The van der Waals surface area contributed by atoms with Crippen molar-refractivity contribution in [1.82, 2.24) is 5.32 Å². The van der Waals surface area contributed by atoms with Gasteiger partial charge in [0.25, 0.3) is 0 Å². The SMILES string of the molecule is CN[C@@H]1[C@H]2CCO[C@@H]2C1(C)C. The zero-order valence-electron chi connectivity index (χ0n) is 7.55. The third kappa shape index (κ3) is 0.798. The average Bonchev–Trinajstić information content (AvgIpc) is 2.34. The molecule has 0 aromatic rings. The number of hydrogen-bond donors (Lipinski definition) is 1. The van der Waals surface area contributed by atoms with Crippen LogP contribution in [0.2, 0.25) is 0 Å². The Labute approximate surface area is 68.3 Å². The van der Waals surface area contributed by atoms with Crippen molar-refractivity contribution in [2.75, 3.05) is 13.7 Å². The summed E-state index contributed by atoms with van der Waals surface area (Å²) in [5.74, 6) is 0.787. The quantitative estimate of drug-likeness (QED) is 0.610. The van der Waals surface area contributed by atoms with Crippen LogP contribution < -0.4 is 5.32 Å². The van der Waals surface area contributed by atoms with Gasteiger partial charge in [-0.3, -0.25) is 0 Å². The van der Waals surface area contributed by atoms with E-state index in [0.717, 1.165) is 12.5 Å². The molecule has 1 aliphatic heterocycles. The monoisotopic (exact) mass is 155 g/mol. The molecule has 0 amide bonds.